The highest BCUT2D eigenvalue weighted by Crippen LogP contribution is 1.85. The van der Waals surface area contributed by atoms with Gasteiger partial charge in [-0.15, -0.1) is 11.6 Å². The topological polar surface area (TPSA) is 44.0 Å². The Morgan fingerprint density at radius 2 is 2.08 bits per heavy atom. The van der Waals surface area contributed by atoms with Crippen LogP contribution >= 0.6 is 11.6 Å². The van der Waals surface area contributed by atoms with Crippen molar-refractivity contribution in [3.8, 4) is 0 Å². The molecule has 0 bridgehead atoms. The molecule has 0 aromatic carbocycles. The predicted octanol–water partition coefficient (Wildman–Crippen LogP) is 0.0942. The summed E-state index contributed by atoms with van der Waals surface area (Å²) in [5, 5.41) is 0. The van der Waals surface area contributed by atoms with Gasteiger partial charge in [-0.25, -0.2) is 4.79 Å². The molecule has 0 aliphatic heterocycles. The van der Waals surface area contributed by atoms with Crippen LogP contribution in [0, 0.1) is 6.92 Å². The van der Waals surface area contributed by atoms with Crippen molar-refractivity contribution >= 4 is 11.6 Å². The van der Waals surface area contributed by atoms with Gasteiger partial charge in [0.25, 0.3) is 5.56 Å². The summed E-state index contributed by atoms with van der Waals surface area (Å²) in [6.45, 7) is 1.93. The number of hydrogen-bond donors (Lipinski definition) is 0. The molecular formula is C8H11ClN2O2. The minimum Gasteiger partial charge on any atom is -0.303 e. The van der Waals surface area contributed by atoms with Crippen LogP contribution < -0.4 is 11.2 Å². The lowest BCUT2D eigenvalue weighted by Crippen LogP contribution is -2.40. The summed E-state index contributed by atoms with van der Waals surface area (Å²) in [6, 6.07) is 0. The number of aryl methyl sites for hydroxylation is 2. The van der Waals surface area contributed by atoms with Gasteiger partial charge in [-0.2, -0.15) is 0 Å². The predicted molar refractivity (Wildman–Crippen MR) is 51.4 cm³/mol. The van der Waals surface area contributed by atoms with Gasteiger partial charge in [-0.1, -0.05) is 0 Å². The van der Waals surface area contributed by atoms with Gasteiger partial charge in [-0.3, -0.25) is 9.36 Å². The molecule has 0 saturated heterocycles. The maximum Gasteiger partial charge on any atom is 0.330 e. The molecule has 0 aliphatic carbocycles. The Bertz CT molecular complexity index is 385. The first-order chi connectivity index (χ1) is 6.07. The third-order valence-corrected chi connectivity index (χ3v) is 1.98. The molecule has 1 heterocycles. The number of hydrogen-bond acceptors (Lipinski definition) is 2. The SMILES string of the molecule is Cc1cn(C)c(=O)n(CCCl)c1=O. The van der Waals surface area contributed by atoms with Crippen LogP contribution in [0.15, 0.2) is 15.8 Å². The quantitative estimate of drug-likeness (QED) is 0.639. The van der Waals surface area contributed by atoms with Crippen LogP contribution in [0.3, 0.4) is 0 Å². The molecule has 0 spiro atoms. The van der Waals surface area contributed by atoms with Crippen molar-refractivity contribution in [1.82, 2.24) is 9.13 Å². The molecule has 13 heavy (non-hydrogen) atoms. The molecule has 0 amide bonds. The van der Waals surface area contributed by atoms with E-state index in [0.717, 1.165) is 4.57 Å². The summed E-state index contributed by atoms with van der Waals surface area (Å²) >= 11 is 5.48. The lowest BCUT2D eigenvalue weighted by Gasteiger charge is -2.05. The van der Waals surface area contributed by atoms with E-state index >= 15 is 0 Å². The first-order valence-electron chi connectivity index (χ1n) is 3.91. The third kappa shape index (κ3) is 1.83. The molecule has 0 radical (unpaired) electrons. The molecule has 0 saturated carbocycles. The zero-order valence-corrected chi connectivity index (χ0v) is 8.34. The van der Waals surface area contributed by atoms with Crippen LogP contribution in [0.5, 0.6) is 0 Å². The summed E-state index contributed by atoms with van der Waals surface area (Å²) in [6.07, 6.45) is 1.52. The van der Waals surface area contributed by atoms with E-state index in [1.807, 2.05) is 0 Å². The monoisotopic (exact) mass is 202 g/mol. The summed E-state index contributed by atoms with van der Waals surface area (Å²) in [5.41, 5.74) is -0.0350. The molecule has 4 nitrogen and oxygen atoms in total. The van der Waals surface area contributed by atoms with Crippen molar-refractivity contribution in [3.63, 3.8) is 0 Å². The van der Waals surface area contributed by atoms with Crippen LogP contribution in [0.4, 0.5) is 0 Å². The summed E-state index contributed by atoms with van der Waals surface area (Å²) in [4.78, 5) is 22.8. The fourth-order valence-electron chi connectivity index (χ4n) is 1.17. The lowest BCUT2D eigenvalue weighted by molar-refractivity contribution is 0.618. The van der Waals surface area contributed by atoms with Gasteiger partial charge in [0, 0.05) is 31.2 Å². The van der Waals surface area contributed by atoms with E-state index in [9.17, 15) is 9.59 Å². The zero-order chi connectivity index (χ0) is 10.0. The largest absolute Gasteiger partial charge is 0.330 e. The molecule has 0 N–H and O–H groups in total. The third-order valence-electron chi connectivity index (χ3n) is 1.81. The van der Waals surface area contributed by atoms with Crippen molar-refractivity contribution in [2.75, 3.05) is 5.88 Å². The molecule has 0 fully saturated rings. The molecule has 1 aromatic rings. The molecule has 72 valence electrons. The van der Waals surface area contributed by atoms with Gasteiger partial charge in [-0.05, 0) is 6.92 Å². The van der Waals surface area contributed by atoms with Gasteiger partial charge >= 0.3 is 5.69 Å². The molecule has 1 rings (SSSR count). The van der Waals surface area contributed by atoms with Crippen LogP contribution in [0.2, 0.25) is 0 Å². The molecule has 0 aliphatic rings. The summed E-state index contributed by atoms with van der Waals surface area (Å²) < 4.78 is 2.52. The first-order valence-corrected chi connectivity index (χ1v) is 4.44. The highest BCUT2D eigenvalue weighted by Gasteiger charge is 2.04. The second-order valence-electron chi connectivity index (χ2n) is 2.85. The average Bonchev–Trinajstić information content (AvgIpc) is 2.09. The Kier molecular flexibility index (Phi) is 2.93. The van der Waals surface area contributed by atoms with E-state index in [1.54, 1.807) is 14.0 Å². The van der Waals surface area contributed by atoms with Gasteiger partial charge < -0.3 is 4.57 Å². The Morgan fingerprint density at radius 3 is 2.62 bits per heavy atom. The number of nitrogens with zero attached hydrogens (tertiary/aromatic N) is 2. The maximum absolute atomic E-state index is 11.4. The van der Waals surface area contributed by atoms with E-state index in [-0.39, 0.29) is 23.7 Å². The van der Waals surface area contributed by atoms with Crippen molar-refractivity contribution in [1.29, 1.82) is 0 Å². The zero-order valence-electron chi connectivity index (χ0n) is 7.58. The molecule has 0 atom stereocenters. The highest BCUT2D eigenvalue weighted by molar-refractivity contribution is 6.17. The van der Waals surface area contributed by atoms with E-state index in [1.165, 1.54) is 10.8 Å². The minimum atomic E-state index is -0.323. The van der Waals surface area contributed by atoms with Crippen LogP contribution in [-0.4, -0.2) is 15.0 Å². The number of rotatable bonds is 2. The van der Waals surface area contributed by atoms with Gasteiger partial charge in [0.05, 0.1) is 0 Å². The molecule has 1 aromatic heterocycles. The fraction of sp³-hybridized carbons (Fsp3) is 0.500. The van der Waals surface area contributed by atoms with Gasteiger partial charge in [0.1, 0.15) is 0 Å². The Morgan fingerprint density at radius 1 is 1.46 bits per heavy atom. The second-order valence-corrected chi connectivity index (χ2v) is 3.23. The Balaban J connectivity index is 3.47. The van der Waals surface area contributed by atoms with Crippen LogP contribution in [0.1, 0.15) is 5.56 Å². The average molecular weight is 203 g/mol. The van der Waals surface area contributed by atoms with Crippen molar-refractivity contribution in [2.24, 2.45) is 7.05 Å². The van der Waals surface area contributed by atoms with Crippen molar-refractivity contribution in [3.05, 3.63) is 32.6 Å². The van der Waals surface area contributed by atoms with Crippen molar-refractivity contribution in [2.45, 2.75) is 13.5 Å². The first kappa shape index (κ1) is 10.1. The Hall–Kier alpha value is -1.03. The van der Waals surface area contributed by atoms with E-state index in [2.05, 4.69) is 0 Å². The number of aromatic nitrogens is 2. The maximum atomic E-state index is 11.4. The molecular weight excluding hydrogens is 192 g/mol. The Labute approximate surface area is 80.4 Å². The van der Waals surface area contributed by atoms with E-state index in [0.29, 0.717) is 5.56 Å². The fourth-order valence-corrected chi connectivity index (χ4v) is 1.34. The van der Waals surface area contributed by atoms with Crippen molar-refractivity contribution < 1.29 is 0 Å². The van der Waals surface area contributed by atoms with Crippen LogP contribution in [-0.2, 0) is 13.6 Å². The normalized spacial score (nSPS) is 10.4. The minimum absolute atomic E-state index is 0.259. The smallest absolute Gasteiger partial charge is 0.303 e. The molecule has 5 heteroatoms. The summed E-state index contributed by atoms with van der Waals surface area (Å²) in [7, 11) is 1.61. The van der Waals surface area contributed by atoms with E-state index in [4.69, 9.17) is 11.6 Å². The molecule has 0 unspecified atom stereocenters. The van der Waals surface area contributed by atoms with E-state index < -0.39 is 0 Å². The highest BCUT2D eigenvalue weighted by atomic mass is 35.5. The number of halogens is 1. The van der Waals surface area contributed by atoms with Gasteiger partial charge in [0.2, 0.25) is 0 Å². The van der Waals surface area contributed by atoms with Gasteiger partial charge in [0.15, 0.2) is 0 Å². The second kappa shape index (κ2) is 3.79. The van der Waals surface area contributed by atoms with Crippen LogP contribution in [0.25, 0.3) is 0 Å². The summed E-state index contributed by atoms with van der Waals surface area (Å²) in [5.74, 6) is 0.263. The standard InChI is InChI=1S/C8H11ClN2O2/c1-6-5-10(2)8(13)11(4-3-9)7(6)12/h5H,3-4H2,1-2H3. The lowest BCUT2D eigenvalue weighted by atomic mass is 10.4. The number of alkyl halides is 1.